The van der Waals surface area contributed by atoms with Crippen molar-refractivity contribution in [3.05, 3.63) is 59.7 Å². The zero-order chi connectivity index (χ0) is 14.5. The van der Waals surface area contributed by atoms with Gasteiger partial charge in [0.2, 0.25) is 10.9 Å². The van der Waals surface area contributed by atoms with Crippen LogP contribution in [0.4, 0.5) is 11.4 Å². The first kappa shape index (κ1) is 14.4. The molecule has 0 saturated carbocycles. The Labute approximate surface area is 120 Å². The maximum atomic E-state index is 10.7. The Balaban J connectivity index is 2.11. The van der Waals surface area contributed by atoms with Gasteiger partial charge in [-0.05, 0) is 47.7 Å². The number of hydrogen-bond acceptors (Lipinski definition) is 3. The highest BCUT2D eigenvalue weighted by Crippen LogP contribution is 2.22. The molecule has 0 saturated heterocycles. The van der Waals surface area contributed by atoms with Crippen molar-refractivity contribution in [2.45, 2.75) is 19.3 Å². The van der Waals surface area contributed by atoms with Crippen molar-refractivity contribution in [3.8, 4) is 0 Å². The van der Waals surface area contributed by atoms with E-state index in [4.69, 9.17) is 5.73 Å². The van der Waals surface area contributed by atoms with Gasteiger partial charge in [-0.1, -0.05) is 31.2 Å². The smallest absolute Gasteiger partial charge is 0.222 e. The normalized spacial score (nSPS) is 12.3. The molecule has 5 heteroatoms. The number of rotatable bonds is 5. The van der Waals surface area contributed by atoms with Crippen LogP contribution in [0.5, 0.6) is 0 Å². The van der Waals surface area contributed by atoms with Gasteiger partial charge in [-0.3, -0.25) is 4.72 Å². The Morgan fingerprint density at radius 3 is 2.50 bits per heavy atom. The van der Waals surface area contributed by atoms with Crippen LogP contribution in [0.3, 0.4) is 0 Å². The third-order valence-corrected chi connectivity index (χ3v) is 3.64. The van der Waals surface area contributed by atoms with E-state index in [2.05, 4.69) is 11.6 Å². The third kappa shape index (κ3) is 3.99. The van der Waals surface area contributed by atoms with Crippen LogP contribution < -0.4 is 10.5 Å². The Hall–Kier alpha value is -2.01. The lowest BCUT2D eigenvalue weighted by atomic mass is 9.93. The van der Waals surface area contributed by atoms with E-state index >= 15 is 0 Å². The molecule has 2 rings (SSSR count). The molecular formula is C15H18N2O2S. The first-order chi connectivity index (χ1) is 9.54. The average Bonchev–Trinajstić information content (AvgIpc) is 2.39. The summed E-state index contributed by atoms with van der Waals surface area (Å²) in [5, 5.41) is 0. The predicted octanol–water partition coefficient (Wildman–Crippen LogP) is 2.55. The van der Waals surface area contributed by atoms with Gasteiger partial charge in [0.1, 0.15) is 0 Å². The summed E-state index contributed by atoms with van der Waals surface area (Å²) in [7, 11) is -2.62. The fraction of sp³-hybridized carbons (Fsp3) is 0.200. The molecule has 20 heavy (non-hydrogen) atoms. The van der Waals surface area contributed by atoms with Crippen LogP contribution in [-0.4, -0.2) is 8.42 Å². The summed E-state index contributed by atoms with van der Waals surface area (Å²) in [5.74, 6) is 0.340. The van der Waals surface area contributed by atoms with Gasteiger partial charge in [0.15, 0.2) is 0 Å². The summed E-state index contributed by atoms with van der Waals surface area (Å²) in [5.41, 5.74) is 9.34. The summed E-state index contributed by atoms with van der Waals surface area (Å²) in [6.45, 7) is 2.14. The minimum atomic E-state index is -2.62. The van der Waals surface area contributed by atoms with Crippen LogP contribution in [-0.2, 0) is 17.3 Å². The molecule has 0 aliphatic rings. The SMILES string of the molecule is CC(Cc1cccc(N[SH](=O)=O)c1)c1ccc(N)cc1. The van der Waals surface area contributed by atoms with E-state index in [1.807, 2.05) is 42.5 Å². The van der Waals surface area contributed by atoms with Crippen LogP contribution >= 0.6 is 0 Å². The Morgan fingerprint density at radius 2 is 1.85 bits per heavy atom. The molecule has 0 spiro atoms. The lowest BCUT2D eigenvalue weighted by Crippen LogP contribution is -2.00. The molecule has 0 fully saturated rings. The number of nitrogens with two attached hydrogens (primary N) is 1. The predicted molar refractivity (Wildman–Crippen MR) is 83.4 cm³/mol. The monoisotopic (exact) mass is 290 g/mol. The van der Waals surface area contributed by atoms with Gasteiger partial charge in [0.25, 0.3) is 0 Å². The zero-order valence-corrected chi connectivity index (χ0v) is 12.1. The van der Waals surface area contributed by atoms with Crippen molar-refractivity contribution in [1.29, 1.82) is 0 Å². The molecule has 0 heterocycles. The second kappa shape index (κ2) is 6.43. The zero-order valence-electron chi connectivity index (χ0n) is 11.2. The molecule has 3 N–H and O–H groups in total. The lowest BCUT2D eigenvalue weighted by molar-refractivity contribution is 0.619. The summed E-state index contributed by atoms with van der Waals surface area (Å²) in [6.07, 6.45) is 0.842. The highest BCUT2D eigenvalue weighted by molar-refractivity contribution is 7.73. The molecule has 0 aliphatic heterocycles. The van der Waals surface area contributed by atoms with Crippen molar-refractivity contribution in [1.82, 2.24) is 0 Å². The molecule has 0 radical (unpaired) electrons. The van der Waals surface area contributed by atoms with E-state index in [0.717, 1.165) is 17.7 Å². The Morgan fingerprint density at radius 1 is 1.15 bits per heavy atom. The van der Waals surface area contributed by atoms with Gasteiger partial charge in [0, 0.05) is 11.4 Å². The molecule has 2 aromatic rings. The van der Waals surface area contributed by atoms with Crippen molar-refractivity contribution in [3.63, 3.8) is 0 Å². The number of nitrogens with one attached hydrogen (secondary N) is 1. The molecule has 0 aromatic heterocycles. The number of nitrogen functional groups attached to an aromatic ring is 1. The molecule has 4 nitrogen and oxygen atoms in total. The number of hydrogen-bond donors (Lipinski definition) is 3. The van der Waals surface area contributed by atoms with E-state index in [0.29, 0.717) is 11.6 Å². The van der Waals surface area contributed by atoms with Gasteiger partial charge < -0.3 is 5.73 Å². The van der Waals surface area contributed by atoms with Gasteiger partial charge in [-0.15, -0.1) is 0 Å². The molecular weight excluding hydrogens is 272 g/mol. The molecule has 1 unspecified atom stereocenters. The minimum absolute atomic E-state index is 0.340. The topological polar surface area (TPSA) is 72.2 Å². The van der Waals surface area contributed by atoms with Crippen LogP contribution in [0.1, 0.15) is 24.0 Å². The van der Waals surface area contributed by atoms with Gasteiger partial charge in [0.05, 0.1) is 0 Å². The van der Waals surface area contributed by atoms with Crippen molar-refractivity contribution in [2.75, 3.05) is 10.5 Å². The number of benzene rings is 2. The first-order valence-electron chi connectivity index (χ1n) is 6.40. The molecule has 106 valence electrons. The summed E-state index contributed by atoms with van der Waals surface area (Å²) in [4.78, 5) is 0. The third-order valence-electron chi connectivity index (χ3n) is 3.19. The molecule has 0 bridgehead atoms. The van der Waals surface area contributed by atoms with Crippen LogP contribution in [0.2, 0.25) is 0 Å². The fourth-order valence-corrected chi connectivity index (χ4v) is 2.52. The summed E-state index contributed by atoms with van der Waals surface area (Å²) in [6, 6.07) is 15.3. The highest BCUT2D eigenvalue weighted by Gasteiger charge is 2.07. The molecule has 2 aromatic carbocycles. The Bertz CT molecular complexity index is 643. The van der Waals surface area contributed by atoms with Crippen molar-refractivity contribution < 1.29 is 8.42 Å². The second-order valence-corrected chi connectivity index (χ2v) is 5.58. The second-order valence-electron chi connectivity index (χ2n) is 4.84. The number of anilines is 2. The molecule has 1 atom stereocenters. The average molecular weight is 290 g/mol. The minimum Gasteiger partial charge on any atom is -0.399 e. The van der Waals surface area contributed by atoms with E-state index in [9.17, 15) is 8.42 Å². The standard InChI is InChI=1S/C15H18N2O2S/c1-11(13-5-7-14(16)8-6-13)9-12-3-2-4-15(10-12)17-20(18)19/h2-8,10-11,20H,9,16H2,1H3,(H,17,18,19). The van der Waals surface area contributed by atoms with E-state index in [1.54, 1.807) is 6.07 Å². The van der Waals surface area contributed by atoms with Crippen LogP contribution in [0, 0.1) is 0 Å². The molecule has 0 aliphatic carbocycles. The maximum absolute atomic E-state index is 10.7. The Kier molecular flexibility index (Phi) is 4.63. The number of thiol groups is 1. The summed E-state index contributed by atoms with van der Waals surface area (Å²) >= 11 is 0. The largest absolute Gasteiger partial charge is 0.399 e. The van der Waals surface area contributed by atoms with Gasteiger partial charge in [-0.25, -0.2) is 8.42 Å². The highest BCUT2D eigenvalue weighted by atomic mass is 32.2. The van der Waals surface area contributed by atoms with Crippen molar-refractivity contribution >= 4 is 22.3 Å². The quantitative estimate of drug-likeness (QED) is 0.585. The van der Waals surface area contributed by atoms with Crippen LogP contribution in [0.15, 0.2) is 48.5 Å². The van der Waals surface area contributed by atoms with E-state index < -0.39 is 10.9 Å². The van der Waals surface area contributed by atoms with Gasteiger partial charge in [-0.2, -0.15) is 0 Å². The van der Waals surface area contributed by atoms with Crippen molar-refractivity contribution in [2.24, 2.45) is 0 Å². The lowest BCUT2D eigenvalue weighted by Gasteiger charge is -2.13. The summed E-state index contributed by atoms with van der Waals surface area (Å²) < 4.78 is 23.7. The molecule has 0 amide bonds. The fourth-order valence-electron chi connectivity index (χ4n) is 2.17. The van der Waals surface area contributed by atoms with E-state index in [1.165, 1.54) is 5.56 Å². The first-order valence-corrected chi connectivity index (χ1v) is 7.58. The van der Waals surface area contributed by atoms with Gasteiger partial charge >= 0.3 is 0 Å². The maximum Gasteiger partial charge on any atom is 0.222 e. The van der Waals surface area contributed by atoms with E-state index in [-0.39, 0.29) is 0 Å². The van der Waals surface area contributed by atoms with Crippen LogP contribution in [0.25, 0.3) is 0 Å².